The van der Waals surface area contributed by atoms with Gasteiger partial charge in [0.1, 0.15) is 5.76 Å². The highest BCUT2D eigenvalue weighted by Gasteiger charge is 2.29. The van der Waals surface area contributed by atoms with E-state index in [0.29, 0.717) is 12.3 Å². The molecule has 0 aromatic carbocycles. The molecule has 0 fully saturated rings. The van der Waals surface area contributed by atoms with Crippen LogP contribution in [-0.2, 0) is 11.3 Å². The summed E-state index contributed by atoms with van der Waals surface area (Å²) in [6.45, 7) is 1.62. The van der Waals surface area contributed by atoms with Crippen LogP contribution < -0.4 is 5.32 Å². The first-order chi connectivity index (χ1) is 6.52. The minimum Gasteiger partial charge on any atom is -0.479 e. The van der Waals surface area contributed by atoms with Crippen molar-refractivity contribution in [3.63, 3.8) is 0 Å². The second kappa shape index (κ2) is 4.26. The molecule has 0 saturated heterocycles. The van der Waals surface area contributed by atoms with Crippen LogP contribution in [0.3, 0.4) is 0 Å². The Morgan fingerprint density at radius 3 is 2.93 bits per heavy atom. The van der Waals surface area contributed by atoms with E-state index in [4.69, 9.17) is 9.52 Å². The van der Waals surface area contributed by atoms with Crippen molar-refractivity contribution >= 4 is 5.97 Å². The van der Waals surface area contributed by atoms with E-state index in [2.05, 4.69) is 5.32 Å². The molecule has 1 atom stereocenters. The van der Waals surface area contributed by atoms with Gasteiger partial charge in [-0.2, -0.15) is 0 Å². The number of aliphatic carboxylic acids is 1. The lowest BCUT2D eigenvalue weighted by Gasteiger charge is -2.17. The maximum absolute atomic E-state index is 10.5. The van der Waals surface area contributed by atoms with Crippen molar-refractivity contribution in [3.8, 4) is 0 Å². The molecule has 0 aliphatic rings. The van der Waals surface area contributed by atoms with Gasteiger partial charge in [-0.1, -0.05) is 0 Å². The minimum atomic E-state index is -1.74. The molecule has 1 aromatic heterocycles. The summed E-state index contributed by atoms with van der Waals surface area (Å²) in [5, 5.41) is 20.7. The number of carbonyl (C=O) groups is 1. The van der Waals surface area contributed by atoms with E-state index < -0.39 is 11.6 Å². The Kier molecular flexibility index (Phi) is 3.27. The molecule has 0 bridgehead atoms. The van der Waals surface area contributed by atoms with Gasteiger partial charge in [-0.3, -0.25) is 0 Å². The van der Waals surface area contributed by atoms with E-state index in [-0.39, 0.29) is 6.54 Å². The maximum Gasteiger partial charge on any atom is 0.336 e. The Bertz CT molecular complexity index is 292. The van der Waals surface area contributed by atoms with Gasteiger partial charge in [-0.25, -0.2) is 4.79 Å². The van der Waals surface area contributed by atoms with Gasteiger partial charge in [0.2, 0.25) is 0 Å². The van der Waals surface area contributed by atoms with Gasteiger partial charge in [-0.05, 0) is 19.1 Å². The van der Waals surface area contributed by atoms with Gasteiger partial charge in [0, 0.05) is 6.54 Å². The standard InChI is InChI=1S/C9H13NO4/c1-9(13,8(11)12)6-10-5-7-3-2-4-14-7/h2-4,10,13H,5-6H2,1H3,(H,11,12). The first kappa shape index (κ1) is 10.7. The molecule has 0 aliphatic carbocycles. The molecule has 1 unspecified atom stereocenters. The second-order valence-corrected chi connectivity index (χ2v) is 3.26. The number of aliphatic hydroxyl groups is 1. The van der Waals surface area contributed by atoms with Crippen LogP contribution in [0.25, 0.3) is 0 Å². The Labute approximate surface area is 81.4 Å². The summed E-state index contributed by atoms with van der Waals surface area (Å²) in [5.74, 6) is -0.546. The van der Waals surface area contributed by atoms with Gasteiger partial charge in [0.25, 0.3) is 0 Å². The average Bonchev–Trinajstić information content (AvgIpc) is 2.56. The van der Waals surface area contributed by atoms with Crippen LogP contribution in [0.5, 0.6) is 0 Å². The lowest BCUT2D eigenvalue weighted by Crippen LogP contribution is -2.44. The average molecular weight is 199 g/mol. The molecule has 14 heavy (non-hydrogen) atoms. The molecule has 78 valence electrons. The number of nitrogens with one attached hydrogen (secondary N) is 1. The summed E-state index contributed by atoms with van der Waals surface area (Å²) in [5.41, 5.74) is -1.74. The Morgan fingerprint density at radius 1 is 1.71 bits per heavy atom. The SMILES string of the molecule is CC(O)(CNCc1ccco1)C(=O)O. The van der Waals surface area contributed by atoms with Crippen LogP contribution in [0.1, 0.15) is 12.7 Å². The van der Waals surface area contributed by atoms with Crippen molar-refractivity contribution < 1.29 is 19.4 Å². The van der Waals surface area contributed by atoms with E-state index in [1.807, 2.05) is 0 Å². The van der Waals surface area contributed by atoms with Crippen molar-refractivity contribution in [2.24, 2.45) is 0 Å². The normalized spacial score (nSPS) is 15.0. The minimum absolute atomic E-state index is 0.0248. The zero-order valence-corrected chi connectivity index (χ0v) is 7.86. The molecule has 0 spiro atoms. The van der Waals surface area contributed by atoms with E-state index in [9.17, 15) is 9.90 Å². The fraction of sp³-hybridized carbons (Fsp3) is 0.444. The van der Waals surface area contributed by atoms with Gasteiger partial charge in [-0.15, -0.1) is 0 Å². The van der Waals surface area contributed by atoms with Gasteiger partial charge in [0.05, 0.1) is 12.8 Å². The summed E-state index contributed by atoms with van der Waals surface area (Å²) in [4.78, 5) is 10.5. The van der Waals surface area contributed by atoms with E-state index >= 15 is 0 Å². The Hall–Kier alpha value is -1.33. The lowest BCUT2D eigenvalue weighted by molar-refractivity contribution is -0.156. The number of rotatable bonds is 5. The van der Waals surface area contributed by atoms with Crippen LogP contribution in [0, 0.1) is 0 Å². The Morgan fingerprint density at radius 2 is 2.43 bits per heavy atom. The van der Waals surface area contributed by atoms with Crippen LogP contribution in [-0.4, -0.2) is 28.3 Å². The molecule has 5 heteroatoms. The number of carboxylic acid groups (broad SMARTS) is 1. The highest BCUT2D eigenvalue weighted by molar-refractivity contribution is 5.76. The monoisotopic (exact) mass is 199 g/mol. The highest BCUT2D eigenvalue weighted by atomic mass is 16.4. The molecule has 1 aromatic rings. The zero-order valence-electron chi connectivity index (χ0n) is 7.86. The van der Waals surface area contributed by atoms with Crippen molar-refractivity contribution in [3.05, 3.63) is 24.2 Å². The molecule has 0 aliphatic heterocycles. The third kappa shape index (κ3) is 2.86. The summed E-state index contributed by atoms with van der Waals surface area (Å²) in [6, 6.07) is 3.51. The third-order valence-electron chi connectivity index (χ3n) is 1.81. The summed E-state index contributed by atoms with van der Waals surface area (Å²) < 4.78 is 5.02. The van der Waals surface area contributed by atoms with Gasteiger partial charge >= 0.3 is 5.97 Å². The van der Waals surface area contributed by atoms with Gasteiger partial charge in [0.15, 0.2) is 5.60 Å². The molecule has 0 amide bonds. The fourth-order valence-corrected chi connectivity index (χ4v) is 0.918. The van der Waals surface area contributed by atoms with Crippen LogP contribution in [0.4, 0.5) is 0 Å². The molecule has 3 N–H and O–H groups in total. The van der Waals surface area contributed by atoms with Crippen molar-refractivity contribution in [2.75, 3.05) is 6.54 Å². The van der Waals surface area contributed by atoms with E-state index in [1.165, 1.54) is 13.2 Å². The van der Waals surface area contributed by atoms with Crippen LogP contribution >= 0.6 is 0 Å². The van der Waals surface area contributed by atoms with Crippen LogP contribution in [0.2, 0.25) is 0 Å². The quantitative estimate of drug-likeness (QED) is 0.631. The molecule has 0 radical (unpaired) electrons. The molecular formula is C9H13NO4. The zero-order chi connectivity index (χ0) is 10.6. The highest BCUT2D eigenvalue weighted by Crippen LogP contribution is 2.03. The van der Waals surface area contributed by atoms with Crippen molar-refractivity contribution in [1.29, 1.82) is 0 Å². The predicted molar refractivity (Wildman–Crippen MR) is 48.7 cm³/mol. The number of carboxylic acids is 1. The van der Waals surface area contributed by atoms with E-state index in [0.717, 1.165) is 0 Å². The summed E-state index contributed by atoms with van der Waals surface area (Å²) in [6.07, 6.45) is 1.53. The first-order valence-corrected chi connectivity index (χ1v) is 4.21. The number of hydrogen-bond donors (Lipinski definition) is 3. The molecule has 1 rings (SSSR count). The van der Waals surface area contributed by atoms with Crippen molar-refractivity contribution in [1.82, 2.24) is 5.32 Å². The van der Waals surface area contributed by atoms with Crippen molar-refractivity contribution in [2.45, 2.75) is 19.1 Å². The lowest BCUT2D eigenvalue weighted by atomic mass is 10.1. The smallest absolute Gasteiger partial charge is 0.336 e. The fourth-order valence-electron chi connectivity index (χ4n) is 0.918. The maximum atomic E-state index is 10.5. The summed E-state index contributed by atoms with van der Waals surface area (Å²) in [7, 11) is 0. The topological polar surface area (TPSA) is 82.7 Å². The predicted octanol–water partition coefficient (Wildman–Crippen LogP) is 0.205. The second-order valence-electron chi connectivity index (χ2n) is 3.26. The summed E-state index contributed by atoms with van der Waals surface area (Å²) >= 11 is 0. The van der Waals surface area contributed by atoms with Crippen LogP contribution in [0.15, 0.2) is 22.8 Å². The molecule has 0 saturated carbocycles. The molecule has 5 nitrogen and oxygen atoms in total. The molecule has 1 heterocycles. The molecular weight excluding hydrogens is 186 g/mol. The number of furan rings is 1. The van der Waals surface area contributed by atoms with Gasteiger partial charge < -0.3 is 19.9 Å². The third-order valence-corrected chi connectivity index (χ3v) is 1.81. The van der Waals surface area contributed by atoms with E-state index in [1.54, 1.807) is 12.1 Å². The first-order valence-electron chi connectivity index (χ1n) is 4.21. The number of hydrogen-bond acceptors (Lipinski definition) is 4. The largest absolute Gasteiger partial charge is 0.479 e. The Balaban J connectivity index is 2.31.